The maximum atomic E-state index is 13.1. The Bertz CT molecular complexity index is 801. The van der Waals surface area contributed by atoms with Crippen molar-refractivity contribution in [3.05, 3.63) is 78.1 Å². The Morgan fingerprint density at radius 2 is 1.88 bits per heavy atom. The summed E-state index contributed by atoms with van der Waals surface area (Å²) in [6, 6.07) is 13.2. The number of halogens is 1. The second-order valence-electron chi connectivity index (χ2n) is 5.39. The Balaban J connectivity index is 1.80. The topological polar surface area (TPSA) is 47.8 Å². The van der Waals surface area contributed by atoms with E-state index < -0.39 is 6.04 Å². The molecule has 0 saturated heterocycles. The van der Waals surface area contributed by atoms with Crippen molar-refractivity contribution in [1.82, 2.24) is 14.8 Å². The van der Waals surface area contributed by atoms with Crippen molar-refractivity contribution < 1.29 is 9.18 Å². The van der Waals surface area contributed by atoms with Crippen LogP contribution in [0.25, 0.3) is 0 Å². The Kier molecular flexibility index (Phi) is 5.05. The van der Waals surface area contributed by atoms with E-state index in [0.717, 1.165) is 4.90 Å². The lowest BCUT2D eigenvalue weighted by atomic mass is 10.1. The number of aryl methyl sites for hydroxylation is 1. The smallest absolute Gasteiger partial charge is 0.188 e. The number of aromatic nitrogens is 3. The fourth-order valence-corrected chi connectivity index (χ4v) is 3.25. The molecule has 1 atom stereocenters. The van der Waals surface area contributed by atoms with Crippen molar-refractivity contribution in [1.29, 1.82) is 0 Å². The molecule has 2 aromatic carbocycles. The van der Waals surface area contributed by atoms with Crippen molar-refractivity contribution in [3.8, 4) is 0 Å². The van der Waals surface area contributed by atoms with Crippen LogP contribution in [0, 0.1) is 12.7 Å². The van der Waals surface area contributed by atoms with E-state index in [0.29, 0.717) is 11.3 Å². The van der Waals surface area contributed by atoms with Crippen molar-refractivity contribution >= 4 is 17.5 Å². The molecular formula is C18H16FN3OS. The summed E-state index contributed by atoms with van der Waals surface area (Å²) < 4.78 is 14.6. The van der Waals surface area contributed by atoms with Gasteiger partial charge in [0.2, 0.25) is 0 Å². The number of ketones is 1. The van der Waals surface area contributed by atoms with Crippen LogP contribution < -0.4 is 0 Å². The van der Waals surface area contributed by atoms with Gasteiger partial charge in [-0.05, 0) is 43.3 Å². The van der Waals surface area contributed by atoms with Gasteiger partial charge in [-0.1, -0.05) is 17.7 Å². The van der Waals surface area contributed by atoms with Gasteiger partial charge in [0, 0.05) is 16.2 Å². The highest BCUT2D eigenvalue weighted by atomic mass is 32.2. The van der Waals surface area contributed by atoms with Crippen LogP contribution in [0.3, 0.4) is 0 Å². The molecule has 1 unspecified atom stereocenters. The normalized spacial score (nSPS) is 12.1. The van der Waals surface area contributed by atoms with E-state index in [9.17, 15) is 9.18 Å². The third-order valence-corrected chi connectivity index (χ3v) is 4.70. The molecule has 122 valence electrons. The van der Waals surface area contributed by atoms with E-state index in [-0.39, 0.29) is 11.6 Å². The summed E-state index contributed by atoms with van der Waals surface area (Å²) in [5, 5.41) is 4.10. The highest BCUT2D eigenvalue weighted by Gasteiger charge is 2.23. The van der Waals surface area contributed by atoms with Gasteiger partial charge in [-0.25, -0.2) is 14.1 Å². The molecule has 0 radical (unpaired) electrons. The number of benzene rings is 2. The Morgan fingerprint density at radius 1 is 1.17 bits per heavy atom. The van der Waals surface area contributed by atoms with Crippen molar-refractivity contribution in [2.45, 2.75) is 17.9 Å². The molecule has 0 bridgehead atoms. The second kappa shape index (κ2) is 7.40. The summed E-state index contributed by atoms with van der Waals surface area (Å²) >= 11 is 1.58. The number of hydrogen-bond donors (Lipinski definition) is 0. The van der Waals surface area contributed by atoms with Gasteiger partial charge in [-0.2, -0.15) is 5.10 Å². The molecular weight excluding hydrogens is 325 g/mol. The van der Waals surface area contributed by atoms with Crippen LogP contribution in [-0.4, -0.2) is 26.3 Å². The van der Waals surface area contributed by atoms with Crippen molar-refractivity contribution in [3.63, 3.8) is 0 Å². The van der Waals surface area contributed by atoms with Crippen molar-refractivity contribution in [2.24, 2.45) is 0 Å². The van der Waals surface area contributed by atoms with Crippen LogP contribution in [-0.2, 0) is 0 Å². The fraction of sp³-hybridized carbons (Fsp3) is 0.167. The molecule has 1 heterocycles. The zero-order chi connectivity index (χ0) is 16.9. The number of nitrogens with zero attached hydrogens (tertiary/aromatic N) is 3. The van der Waals surface area contributed by atoms with Crippen molar-refractivity contribution in [2.75, 3.05) is 5.75 Å². The Morgan fingerprint density at radius 3 is 2.50 bits per heavy atom. The quantitative estimate of drug-likeness (QED) is 0.503. The number of carbonyl (C=O) groups is 1. The summed E-state index contributed by atoms with van der Waals surface area (Å²) in [6.07, 6.45) is 2.93. The SMILES string of the molecule is Cc1ccc(SCC(C(=O)c2ccc(F)cc2)n2cncn2)cc1. The minimum atomic E-state index is -0.496. The molecule has 0 fully saturated rings. The van der Waals surface area contributed by atoms with Crippen LogP contribution in [0.5, 0.6) is 0 Å². The number of thioether (sulfide) groups is 1. The predicted molar refractivity (Wildman–Crippen MR) is 91.7 cm³/mol. The van der Waals surface area contributed by atoms with E-state index >= 15 is 0 Å². The summed E-state index contributed by atoms with van der Waals surface area (Å²) in [6.45, 7) is 2.03. The lowest BCUT2D eigenvalue weighted by Crippen LogP contribution is -2.22. The number of carbonyl (C=O) groups excluding carboxylic acids is 1. The monoisotopic (exact) mass is 341 g/mol. The molecule has 0 aliphatic rings. The van der Waals surface area contributed by atoms with Crippen LogP contribution in [0.2, 0.25) is 0 Å². The molecule has 0 saturated carbocycles. The van der Waals surface area contributed by atoms with Gasteiger partial charge in [0.15, 0.2) is 5.78 Å². The first kappa shape index (κ1) is 16.4. The fourth-order valence-electron chi connectivity index (χ4n) is 2.27. The highest BCUT2D eigenvalue weighted by molar-refractivity contribution is 7.99. The van der Waals surface area contributed by atoms with Gasteiger partial charge in [0.05, 0.1) is 0 Å². The molecule has 1 aromatic heterocycles. The summed E-state index contributed by atoms with van der Waals surface area (Å²) in [7, 11) is 0. The molecule has 4 nitrogen and oxygen atoms in total. The van der Waals surface area contributed by atoms with E-state index in [4.69, 9.17) is 0 Å². The predicted octanol–water partition coefficient (Wildman–Crippen LogP) is 3.94. The minimum absolute atomic E-state index is 0.111. The summed E-state index contributed by atoms with van der Waals surface area (Å²) in [5.41, 5.74) is 1.65. The first-order valence-corrected chi connectivity index (χ1v) is 8.45. The van der Waals surface area contributed by atoms with E-state index in [1.165, 1.54) is 42.5 Å². The largest absolute Gasteiger partial charge is 0.292 e. The van der Waals surface area contributed by atoms with Gasteiger partial charge in [0.25, 0.3) is 0 Å². The molecule has 0 aliphatic heterocycles. The van der Waals surface area contributed by atoms with Gasteiger partial charge < -0.3 is 0 Å². The Labute approximate surface area is 143 Å². The second-order valence-corrected chi connectivity index (χ2v) is 6.48. The summed E-state index contributed by atoms with van der Waals surface area (Å²) in [4.78, 5) is 17.8. The van der Waals surface area contributed by atoms with Crippen LogP contribution in [0.15, 0.2) is 66.1 Å². The highest BCUT2D eigenvalue weighted by Crippen LogP contribution is 2.25. The first-order valence-electron chi connectivity index (χ1n) is 7.47. The lowest BCUT2D eigenvalue weighted by molar-refractivity contribution is 0.0930. The van der Waals surface area contributed by atoms with Gasteiger partial charge in [-0.15, -0.1) is 11.8 Å². The maximum Gasteiger partial charge on any atom is 0.188 e. The molecule has 0 N–H and O–H groups in total. The van der Waals surface area contributed by atoms with Crippen LogP contribution in [0.1, 0.15) is 22.0 Å². The molecule has 3 rings (SSSR count). The van der Waals surface area contributed by atoms with Gasteiger partial charge >= 0.3 is 0 Å². The zero-order valence-electron chi connectivity index (χ0n) is 13.1. The summed E-state index contributed by atoms with van der Waals surface area (Å²) in [5.74, 6) is 0.0424. The molecule has 3 aromatic rings. The average molecular weight is 341 g/mol. The first-order chi connectivity index (χ1) is 11.6. The number of rotatable bonds is 6. The van der Waals surface area contributed by atoms with Crippen LogP contribution in [0.4, 0.5) is 4.39 Å². The average Bonchev–Trinajstić information content (AvgIpc) is 3.11. The number of hydrogen-bond acceptors (Lipinski definition) is 4. The molecule has 6 heteroatoms. The van der Waals surface area contributed by atoms with Crippen LogP contribution >= 0.6 is 11.8 Å². The third-order valence-electron chi connectivity index (χ3n) is 3.62. The molecule has 0 amide bonds. The van der Waals surface area contributed by atoms with E-state index in [2.05, 4.69) is 10.1 Å². The number of Topliss-reactive ketones (excluding diaryl/α,β-unsaturated/α-hetero) is 1. The molecule has 24 heavy (non-hydrogen) atoms. The Hall–Kier alpha value is -2.47. The zero-order valence-corrected chi connectivity index (χ0v) is 13.9. The van der Waals surface area contributed by atoms with Gasteiger partial charge in [-0.3, -0.25) is 4.79 Å². The minimum Gasteiger partial charge on any atom is -0.292 e. The lowest BCUT2D eigenvalue weighted by Gasteiger charge is -2.16. The molecule has 0 spiro atoms. The maximum absolute atomic E-state index is 13.1. The third kappa shape index (κ3) is 3.89. The van der Waals surface area contributed by atoms with E-state index in [1.807, 2.05) is 31.2 Å². The molecule has 0 aliphatic carbocycles. The standard InChI is InChI=1S/C18H16FN3OS/c1-13-2-8-16(9-3-13)24-10-17(22-12-20-11-21-22)18(23)14-4-6-15(19)7-5-14/h2-9,11-12,17H,10H2,1H3. The van der Waals surface area contributed by atoms with Gasteiger partial charge in [0.1, 0.15) is 24.5 Å². The van der Waals surface area contributed by atoms with E-state index in [1.54, 1.807) is 16.4 Å².